The molecule has 0 bridgehead atoms. The second-order valence-electron chi connectivity index (χ2n) is 6.54. The van der Waals surface area contributed by atoms with Gasteiger partial charge in [-0.2, -0.15) is 0 Å². The molecule has 0 spiro atoms. The fourth-order valence-corrected chi connectivity index (χ4v) is 3.33. The van der Waals surface area contributed by atoms with E-state index in [0.29, 0.717) is 13.0 Å². The van der Waals surface area contributed by atoms with E-state index in [-0.39, 0.29) is 11.9 Å². The molecule has 0 saturated carbocycles. The Morgan fingerprint density at radius 1 is 1.23 bits per heavy atom. The van der Waals surface area contributed by atoms with Gasteiger partial charge in [0.15, 0.2) is 0 Å². The summed E-state index contributed by atoms with van der Waals surface area (Å²) in [7, 11) is 3.68. The Bertz CT molecular complexity index is 705. The number of hydrogen-bond acceptors (Lipinski definition) is 4. The largest absolute Gasteiger partial charge is 0.497 e. The number of aryl methyl sites for hydroxylation is 1. The number of amides is 1. The average molecular weight is 357 g/mol. The Kier molecular flexibility index (Phi) is 6.30. The summed E-state index contributed by atoms with van der Waals surface area (Å²) >= 11 is 0. The van der Waals surface area contributed by atoms with Crippen molar-refractivity contribution in [3.8, 4) is 5.75 Å². The van der Waals surface area contributed by atoms with Gasteiger partial charge >= 0.3 is 0 Å². The number of carbonyl (C=O) groups excluding carboxylic acids is 1. The van der Waals surface area contributed by atoms with E-state index >= 15 is 0 Å². The number of aromatic nitrogens is 1. The van der Waals surface area contributed by atoms with Crippen LogP contribution in [0.5, 0.6) is 5.75 Å². The molecule has 1 N–H and O–H groups in total. The number of methoxy groups -OCH3 is 1. The molecule has 1 atom stereocenters. The minimum atomic E-state index is 0.0302. The highest BCUT2D eigenvalue weighted by Crippen LogP contribution is 2.21. The first-order chi connectivity index (χ1) is 12.7. The second kappa shape index (κ2) is 8.87. The zero-order valence-corrected chi connectivity index (χ0v) is 15.5. The molecule has 3 rings (SSSR count). The third-order valence-corrected chi connectivity index (χ3v) is 4.83. The summed E-state index contributed by atoms with van der Waals surface area (Å²) < 4.78 is 12.7. The summed E-state index contributed by atoms with van der Waals surface area (Å²) in [5, 5.41) is 3.11. The maximum atomic E-state index is 12.4. The van der Waals surface area contributed by atoms with Crippen LogP contribution in [-0.4, -0.2) is 55.3 Å². The first kappa shape index (κ1) is 18.5. The molecule has 1 unspecified atom stereocenters. The fraction of sp³-hybridized carbons (Fsp3) is 0.450. The third-order valence-electron chi connectivity index (χ3n) is 4.83. The molecule has 2 aromatic rings. The van der Waals surface area contributed by atoms with Crippen molar-refractivity contribution >= 4 is 5.91 Å². The zero-order chi connectivity index (χ0) is 18.4. The quantitative estimate of drug-likeness (QED) is 0.821. The van der Waals surface area contributed by atoms with Crippen LogP contribution in [-0.2, 0) is 23.0 Å². The van der Waals surface area contributed by atoms with Gasteiger partial charge < -0.3 is 19.4 Å². The summed E-state index contributed by atoms with van der Waals surface area (Å²) in [6.45, 7) is 3.82. The van der Waals surface area contributed by atoms with Crippen LogP contribution in [0.15, 0.2) is 42.6 Å². The van der Waals surface area contributed by atoms with Crippen molar-refractivity contribution in [2.45, 2.75) is 12.5 Å². The van der Waals surface area contributed by atoms with Gasteiger partial charge in [0.25, 0.3) is 0 Å². The summed E-state index contributed by atoms with van der Waals surface area (Å²) in [6.07, 6.45) is 2.41. The summed E-state index contributed by atoms with van der Waals surface area (Å²) in [5.74, 6) is 0.827. The molecule has 1 aliphatic rings. The number of morpholine rings is 1. The topological polar surface area (TPSA) is 55.7 Å². The highest BCUT2D eigenvalue weighted by Gasteiger charge is 2.24. The summed E-state index contributed by atoms with van der Waals surface area (Å²) in [5.41, 5.74) is 2.18. The first-order valence-electron chi connectivity index (χ1n) is 9.00. The Labute approximate surface area is 154 Å². The van der Waals surface area contributed by atoms with Crippen LogP contribution in [0.25, 0.3) is 0 Å². The smallest absolute Gasteiger partial charge is 0.224 e. The minimum absolute atomic E-state index is 0.0302. The molecule has 1 saturated heterocycles. The van der Waals surface area contributed by atoms with Crippen molar-refractivity contribution in [2.75, 3.05) is 40.0 Å². The molecular formula is C20H27N3O3. The lowest BCUT2D eigenvalue weighted by Crippen LogP contribution is -2.44. The van der Waals surface area contributed by atoms with Crippen LogP contribution >= 0.6 is 0 Å². The van der Waals surface area contributed by atoms with Gasteiger partial charge in [-0.25, -0.2) is 0 Å². The average Bonchev–Trinajstić information content (AvgIpc) is 3.09. The first-order valence-corrected chi connectivity index (χ1v) is 9.00. The van der Waals surface area contributed by atoms with E-state index in [1.807, 2.05) is 43.6 Å². The van der Waals surface area contributed by atoms with Gasteiger partial charge in [0.05, 0.1) is 32.8 Å². The molecule has 1 aromatic carbocycles. The molecule has 1 amide bonds. The van der Waals surface area contributed by atoms with Crippen molar-refractivity contribution in [1.82, 2.24) is 14.8 Å². The maximum Gasteiger partial charge on any atom is 0.224 e. The van der Waals surface area contributed by atoms with Crippen LogP contribution in [0.2, 0.25) is 0 Å². The number of ether oxygens (including phenoxy) is 2. The fourth-order valence-electron chi connectivity index (χ4n) is 3.33. The highest BCUT2D eigenvalue weighted by molar-refractivity contribution is 5.78. The molecule has 0 aliphatic carbocycles. The predicted molar refractivity (Wildman–Crippen MR) is 100 cm³/mol. The van der Waals surface area contributed by atoms with Crippen molar-refractivity contribution in [2.24, 2.45) is 7.05 Å². The Hall–Kier alpha value is -2.31. The van der Waals surface area contributed by atoms with Crippen LogP contribution in [0.3, 0.4) is 0 Å². The van der Waals surface area contributed by atoms with Crippen LogP contribution in [0.4, 0.5) is 0 Å². The van der Waals surface area contributed by atoms with Gasteiger partial charge in [-0.1, -0.05) is 12.1 Å². The van der Waals surface area contributed by atoms with E-state index in [9.17, 15) is 4.79 Å². The molecule has 0 radical (unpaired) electrons. The molecule has 140 valence electrons. The zero-order valence-electron chi connectivity index (χ0n) is 15.5. The molecule has 2 heterocycles. The number of nitrogens with zero attached hydrogens (tertiary/aromatic N) is 2. The number of nitrogens with one attached hydrogen (secondary N) is 1. The lowest BCUT2D eigenvalue weighted by molar-refractivity contribution is -0.120. The molecule has 1 aromatic heterocycles. The second-order valence-corrected chi connectivity index (χ2v) is 6.54. The Morgan fingerprint density at radius 3 is 2.58 bits per heavy atom. The normalized spacial score (nSPS) is 16.2. The van der Waals surface area contributed by atoms with Crippen LogP contribution in [0.1, 0.15) is 17.3 Å². The van der Waals surface area contributed by atoms with E-state index in [1.54, 1.807) is 7.11 Å². The number of hydrogen-bond donors (Lipinski definition) is 1. The predicted octanol–water partition coefficient (Wildman–Crippen LogP) is 1.77. The van der Waals surface area contributed by atoms with E-state index < -0.39 is 0 Å². The van der Waals surface area contributed by atoms with Crippen molar-refractivity contribution in [3.05, 3.63) is 53.9 Å². The van der Waals surface area contributed by atoms with Gasteiger partial charge in [-0.3, -0.25) is 9.69 Å². The van der Waals surface area contributed by atoms with E-state index in [1.165, 1.54) is 5.69 Å². The molecule has 26 heavy (non-hydrogen) atoms. The van der Waals surface area contributed by atoms with Crippen LogP contribution < -0.4 is 10.1 Å². The lowest BCUT2D eigenvalue weighted by Gasteiger charge is -2.35. The lowest BCUT2D eigenvalue weighted by atomic mass is 10.1. The molecule has 1 fully saturated rings. The van der Waals surface area contributed by atoms with E-state index in [2.05, 4.69) is 20.9 Å². The molecule has 1 aliphatic heterocycles. The molecule has 6 nitrogen and oxygen atoms in total. The Morgan fingerprint density at radius 2 is 1.96 bits per heavy atom. The van der Waals surface area contributed by atoms with Crippen molar-refractivity contribution in [3.63, 3.8) is 0 Å². The maximum absolute atomic E-state index is 12.4. The van der Waals surface area contributed by atoms with Gasteiger partial charge in [-0.05, 0) is 29.8 Å². The van der Waals surface area contributed by atoms with E-state index in [4.69, 9.17) is 9.47 Å². The molecular weight excluding hydrogens is 330 g/mol. The van der Waals surface area contributed by atoms with Gasteiger partial charge in [0, 0.05) is 38.6 Å². The SMILES string of the molecule is COc1ccc(CC(=O)NCC(c2cccn2C)N2CCOCC2)cc1. The van der Waals surface area contributed by atoms with Crippen molar-refractivity contribution in [1.29, 1.82) is 0 Å². The minimum Gasteiger partial charge on any atom is -0.497 e. The number of carbonyl (C=O) groups is 1. The monoisotopic (exact) mass is 357 g/mol. The van der Waals surface area contributed by atoms with E-state index in [0.717, 1.165) is 37.6 Å². The molecule has 6 heteroatoms. The van der Waals surface area contributed by atoms with Crippen LogP contribution in [0, 0.1) is 0 Å². The highest BCUT2D eigenvalue weighted by atomic mass is 16.5. The number of benzene rings is 1. The van der Waals surface area contributed by atoms with Gasteiger partial charge in [-0.15, -0.1) is 0 Å². The number of rotatable bonds is 7. The van der Waals surface area contributed by atoms with Crippen molar-refractivity contribution < 1.29 is 14.3 Å². The third kappa shape index (κ3) is 4.65. The van der Waals surface area contributed by atoms with Gasteiger partial charge in [0.2, 0.25) is 5.91 Å². The standard InChI is InChI=1S/C20H27N3O3/c1-22-9-3-4-18(22)19(23-10-12-26-13-11-23)15-21-20(24)14-16-5-7-17(25-2)8-6-16/h3-9,19H,10-15H2,1-2H3,(H,21,24). The summed E-state index contributed by atoms with van der Waals surface area (Å²) in [4.78, 5) is 14.8. The van der Waals surface area contributed by atoms with Gasteiger partial charge in [0.1, 0.15) is 5.75 Å². The summed E-state index contributed by atoms with van der Waals surface area (Å²) in [6, 6.07) is 11.9. The Balaban J connectivity index is 1.61.